The van der Waals surface area contributed by atoms with Crippen molar-refractivity contribution in [2.24, 2.45) is 0 Å². The molecule has 176 valence electrons. The van der Waals surface area contributed by atoms with E-state index in [2.05, 4.69) is 4.90 Å². The third-order valence-corrected chi connectivity index (χ3v) is 6.05. The van der Waals surface area contributed by atoms with Crippen LogP contribution in [0.25, 0.3) is 10.8 Å². The van der Waals surface area contributed by atoms with Gasteiger partial charge in [-0.05, 0) is 38.3 Å². The molecule has 0 unspecified atom stereocenters. The van der Waals surface area contributed by atoms with Crippen molar-refractivity contribution in [2.45, 2.75) is 32.5 Å². The number of carbonyl (C=O) groups excluding carboxylic acids is 3. The maximum absolute atomic E-state index is 13.0. The molecule has 0 aliphatic carbocycles. The van der Waals surface area contributed by atoms with Gasteiger partial charge >= 0.3 is 0 Å². The summed E-state index contributed by atoms with van der Waals surface area (Å²) in [6, 6.07) is 10.7. The molecule has 1 fully saturated rings. The van der Waals surface area contributed by atoms with E-state index in [-0.39, 0.29) is 24.7 Å². The monoisotopic (exact) mass is 453 g/mol. The average Bonchev–Trinajstić information content (AvgIpc) is 2.78. The first-order chi connectivity index (χ1) is 15.6. The molecule has 1 atom stereocenters. The highest BCUT2D eigenvalue weighted by Gasteiger charge is 2.35. The van der Waals surface area contributed by atoms with Gasteiger partial charge in [0.25, 0.3) is 11.8 Å². The van der Waals surface area contributed by atoms with Gasteiger partial charge in [-0.2, -0.15) is 0 Å². The summed E-state index contributed by atoms with van der Waals surface area (Å²) in [6.45, 7) is 8.48. The van der Waals surface area contributed by atoms with E-state index in [9.17, 15) is 19.5 Å². The molecule has 2 aliphatic rings. The number of nitrogens with zero attached hydrogens (tertiary/aromatic N) is 3. The largest absolute Gasteiger partial charge is 0.389 e. The number of imide groups is 1. The molecular formula is C25H31N3O5. The van der Waals surface area contributed by atoms with Crippen LogP contribution < -0.4 is 0 Å². The molecule has 0 aromatic heterocycles. The molecule has 33 heavy (non-hydrogen) atoms. The Labute approximate surface area is 193 Å². The third kappa shape index (κ3) is 5.08. The summed E-state index contributed by atoms with van der Waals surface area (Å²) in [5.41, 5.74) is 0.597. The summed E-state index contributed by atoms with van der Waals surface area (Å²) in [4.78, 5) is 43.8. The Balaban J connectivity index is 1.34. The molecule has 0 saturated carbocycles. The molecule has 2 aromatic carbocycles. The summed E-state index contributed by atoms with van der Waals surface area (Å²) in [6.07, 6.45) is -0.599. The van der Waals surface area contributed by atoms with Crippen molar-refractivity contribution in [3.05, 3.63) is 47.5 Å². The standard InChI is InChI=1S/C25H31N3O5/c1-25(2,3)33-16-18(29)14-26-10-12-27(13-11-26)21(30)15-28-23(31)19-8-4-6-17-7-5-9-20(22(17)19)24(28)32/h4-9,18,29H,10-16H2,1-3H3/t18-/m1/s1. The van der Waals surface area contributed by atoms with E-state index in [4.69, 9.17) is 4.74 Å². The number of ether oxygens (including phenoxy) is 1. The molecular weight excluding hydrogens is 422 g/mol. The topological polar surface area (TPSA) is 90.4 Å². The minimum atomic E-state index is -0.599. The van der Waals surface area contributed by atoms with Crippen LogP contribution in [-0.4, -0.2) is 95.1 Å². The molecule has 8 heteroatoms. The van der Waals surface area contributed by atoms with Crippen LogP contribution in [0.5, 0.6) is 0 Å². The molecule has 2 heterocycles. The van der Waals surface area contributed by atoms with Gasteiger partial charge in [0, 0.05) is 49.2 Å². The average molecular weight is 454 g/mol. The van der Waals surface area contributed by atoms with Crippen molar-refractivity contribution < 1.29 is 24.2 Å². The number of amides is 3. The molecule has 4 rings (SSSR count). The number of rotatable bonds is 6. The normalized spacial score (nSPS) is 18.2. The number of piperazine rings is 1. The summed E-state index contributed by atoms with van der Waals surface area (Å²) in [5, 5.41) is 11.7. The van der Waals surface area contributed by atoms with Crippen LogP contribution in [-0.2, 0) is 9.53 Å². The minimum Gasteiger partial charge on any atom is -0.389 e. The van der Waals surface area contributed by atoms with Gasteiger partial charge in [0.1, 0.15) is 6.54 Å². The smallest absolute Gasteiger partial charge is 0.261 e. The number of hydrogen-bond acceptors (Lipinski definition) is 6. The maximum Gasteiger partial charge on any atom is 0.261 e. The zero-order chi connectivity index (χ0) is 23.8. The zero-order valence-corrected chi connectivity index (χ0v) is 19.4. The Hall–Kier alpha value is -2.81. The van der Waals surface area contributed by atoms with Crippen LogP contribution in [0.4, 0.5) is 0 Å². The fourth-order valence-electron chi connectivity index (χ4n) is 4.34. The number of aliphatic hydroxyl groups excluding tert-OH is 1. The highest BCUT2D eigenvalue weighted by atomic mass is 16.5. The summed E-state index contributed by atoms with van der Waals surface area (Å²) in [5.74, 6) is -1.11. The van der Waals surface area contributed by atoms with Crippen molar-refractivity contribution in [2.75, 3.05) is 45.9 Å². The van der Waals surface area contributed by atoms with Gasteiger partial charge in [-0.25, -0.2) is 0 Å². The van der Waals surface area contributed by atoms with Crippen LogP contribution in [0, 0.1) is 0 Å². The molecule has 2 aliphatic heterocycles. The summed E-state index contributed by atoms with van der Waals surface area (Å²) >= 11 is 0. The first-order valence-corrected chi connectivity index (χ1v) is 11.3. The Morgan fingerprint density at radius 2 is 1.58 bits per heavy atom. The fraction of sp³-hybridized carbons (Fsp3) is 0.480. The van der Waals surface area contributed by atoms with Crippen LogP contribution in [0.2, 0.25) is 0 Å². The second kappa shape index (κ2) is 9.21. The van der Waals surface area contributed by atoms with Crippen molar-refractivity contribution in [3.8, 4) is 0 Å². The SMILES string of the molecule is CC(C)(C)OC[C@H](O)CN1CCN(C(=O)CN2C(=O)c3cccc4cccc(c34)C2=O)CC1. The van der Waals surface area contributed by atoms with Crippen LogP contribution in [0.15, 0.2) is 36.4 Å². The van der Waals surface area contributed by atoms with Crippen molar-refractivity contribution in [3.63, 3.8) is 0 Å². The third-order valence-electron chi connectivity index (χ3n) is 6.05. The van der Waals surface area contributed by atoms with Gasteiger partial charge in [-0.15, -0.1) is 0 Å². The summed E-state index contributed by atoms with van der Waals surface area (Å²) in [7, 11) is 0. The van der Waals surface area contributed by atoms with Crippen LogP contribution in [0.3, 0.4) is 0 Å². The first-order valence-electron chi connectivity index (χ1n) is 11.3. The van der Waals surface area contributed by atoms with E-state index in [1.807, 2.05) is 32.9 Å². The molecule has 0 radical (unpaired) electrons. The van der Waals surface area contributed by atoms with E-state index in [0.29, 0.717) is 49.2 Å². The lowest BCUT2D eigenvalue weighted by Gasteiger charge is -2.37. The van der Waals surface area contributed by atoms with Gasteiger partial charge in [0.15, 0.2) is 0 Å². The minimum absolute atomic E-state index is 0.250. The number of β-amino-alcohol motifs (C(OH)–C–C–N with tert-alkyl or cyclic N) is 1. The fourth-order valence-corrected chi connectivity index (χ4v) is 4.34. The molecule has 1 saturated heterocycles. The number of hydrogen-bond donors (Lipinski definition) is 1. The van der Waals surface area contributed by atoms with Gasteiger partial charge in [0.05, 0.1) is 18.3 Å². The molecule has 1 N–H and O–H groups in total. The van der Waals surface area contributed by atoms with Gasteiger partial charge in [-0.3, -0.25) is 24.2 Å². The van der Waals surface area contributed by atoms with Gasteiger partial charge in [0.2, 0.25) is 5.91 Å². The van der Waals surface area contributed by atoms with Crippen LogP contribution >= 0.6 is 0 Å². The quantitative estimate of drug-likeness (QED) is 0.671. The Bertz CT molecular complexity index is 1020. The maximum atomic E-state index is 13.0. The molecule has 3 amide bonds. The van der Waals surface area contributed by atoms with E-state index in [0.717, 1.165) is 10.3 Å². The van der Waals surface area contributed by atoms with E-state index >= 15 is 0 Å². The lowest BCUT2D eigenvalue weighted by Crippen LogP contribution is -2.54. The summed E-state index contributed by atoms with van der Waals surface area (Å²) < 4.78 is 5.63. The number of carbonyl (C=O) groups is 3. The van der Waals surface area contributed by atoms with E-state index < -0.39 is 17.9 Å². The lowest BCUT2D eigenvalue weighted by atomic mass is 9.94. The molecule has 2 aromatic rings. The lowest BCUT2D eigenvalue weighted by molar-refractivity contribution is -0.133. The Morgan fingerprint density at radius 1 is 1.00 bits per heavy atom. The second-order valence-electron chi connectivity index (χ2n) is 9.66. The predicted molar refractivity (Wildman–Crippen MR) is 124 cm³/mol. The number of aliphatic hydroxyl groups is 1. The van der Waals surface area contributed by atoms with Gasteiger partial charge in [-0.1, -0.05) is 24.3 Å². The molecule has 8 nitrogen and oxygen atoms in total. The Kier molecular flexibility index (Phi) is 6.52. The van der Waals surface area contributed by atoms with Crippen LogP contribution in [0.1, 0.15) is 41.5 Å². The highest BCUT2D eigenvalue weighted by Crippen LogP contribution is 2.29. The van der Waals surface area contributed by atoms with E-state index in [1.54, 1.807) is 29.2 Å². The van der Waals surface area contributed by atoms with E-state index in [1.165, 1.54) is 0 Å². The first kappa shape index (κ1) is 23.4. The molecule has 0 spiro atoms. The predicted octanol–water partition coefficient (Wildman–Crippen LogP) is 1.76. The van der Waals surface area contributed by atoms with Crippen molar-refractivity contribution >= 4 is 28.5 Å². The highest BCUT2D eigenvalue weighted by molar-refractivity contribution is 6.26. The second-order valence-corrected chi connectivity index (χ2v) is 9.66. The number of benzene rings is 2. The Morgan fingerprint density at radius 3 is 2.12 bits per heavy atom. The van der Waals surface area contributed by atoms with Crippen molar-refractivity contribution in [1.82, 2.24) is 14.7 Å². The van der Waals surface area contributed by atoms with Gasteiger partial charge < -0.3 is 14.7 Å². The zero-order valence-electron chi connectivity index (χ0n) is 19.4. The molecule has 0 bridgehead atoms. The van der Waals surface area contributed by atoms with Crippen molar-refractivity contribution in [1.29, 1.82) is 0 Å².